The summed E-state index contributed by atoms with van der Waals surface area (Å²) in [6.45, 7) is 0.237. The van der Waals surface area contributed by atoms with Crippen LogP contribution in [0.4, 0.5) is 4.39 Å². The minimum Gasteiger partial charge on any atom is -0.493 e. The Balaban J connectivity index is 2.10. The van der Waals surface area contributed by atoms with E-state index in [1.165, 1.54) is 18.2 Å². The van der Waals surface area contributed by atoms with Crippen molar-refractivity contribution >= 4 is 31.3 Å². The highest BCUT2D eigenvalue weighted by molar-refractivity contribution is 8.13. The first-order chi connectivity index (χ1) is 9.80. The number of benzene rings is 1. The number of hydrogen-bond donors (Lipinski definition) is 0. The highest BCUT2D eigenvalue weighted by Gasteiger charge is 2.37. The molecular weight excluding hydrogens is 338 g/mol. The van der Waals surface area contributed by atoms with E-state index in [1.807, 2.05) is 0 Å². The zero-order valence-corrected chi connectivity index (χ0v) is 13.8. The topological polar surface area (TPSA) is 43.4 Å². The number of hydrogen-bond acceptors (Lipinski definition) is 3. The molecule has 1 fully saturated rings. The van der Waals surface area contributed by atoms with Gasteiger partial charge in [-0.1, -0.05) is 30.9 Å². The zero-order valence-electron chi connectivity index (χ0n) is 11.4. The first-order valence-corrected chi connectivity index (χ1v) is 9.66. The summed E-state index contributed by atoms with van der Waals surface area (Å²) >= 11 is 5.70. The fourth-order valence-corrected chi connectivity index (χ4v) is 4.77. The summed E-state index contributed by atoms with van der Waals surface area (Å²) in [5, 5.41) is -0.0184. The molecule has 0 atom stereocenters. The van der Waals surface area contributed by atoms with Gasteiger partial charge in [-0.3, -0.25) is 0 Å². The van der Waals surface area contributed by atoms with Gasteiger partial charge in [-0.25, -0.2) is 12.8 Å². The molecule has 0 unspecified atom stereocenters. The molecule has 1 aromatic carbocycles. The molecule has 1 saturated carbocycles. The minimum atomic E-state index is -3.60. The molecule has 7 heteroatoms. The molecule has 0 amide bonds. The lowest BCUT2D eigenvalue weighted by molar-refractivity contribution is 0.119. The second-order valence-corrected chi connectivity index (χ2v) is 8.79. The molecule has 0 radical (unpaired) electrons. The van der Waals surface area contributed by atoms with Gasteiger partial charge >= 0.3 is 0 Å². The van der Waals surface area contributed by atoms with Crippen LogP contribution in [0.5, 0.6) is 5.75 Å². The Morgan fingerprint density at radius 3 is 2.48 bits per heavy atom. The Morgan fingerprint density at radius 2 is 1.90 bits per heavy atom. The predicted molar refractivity (Wildman–Crippen MR) is 82.1 cm³/mol. The normalized spacial score (nSPS) is 18.4. The summed E-state index contributed by atoms with van der Waals surface area (Å²) in [5.74, 6) is -0.186. The van der Waals surface area contributed by atoms with Crippen LogP contribution in [0.1, 0.15) is 32.1 Å². The van der Waals surface area contributed by atoms with Gasteiger partial charge in [0.05, 0.1) is 17.4 Å². The summed E-state index contributed by atoms with van der Waals surface area (Å²) < 4.78 is 41.7. The maximum atomic E-state index is 13.1. The van der Waals surface area contributed by atoms with E-state index in [0.29, 0.717) is 5.75 Å². The largest absolute Gasteiger partial charge is 0.493 e. The molecule has 0 aromatic heterocycles. The van der Waals surface area contributed by atoms with Crippen molar-refractivity contribution in [3.8, 4) is 5.75 Å². The standard InChI is InChI=1S/C14H17Cl2FO3S/c15-12-8-11(4-5-13(12)17)20-9-14(10-21(16,18)19)6-2-1-3-7-14/h4-5,8H,1-3,6-7,9-10H2. The van der Waals surface area contributed by atoms with Crippen molar-refractivity contribution in [2.75, 3.05) is 12.4 Å². The lowest BCUT2D eigenvalue weighted by Gasteiger charge is -2.35. The van der Waals surface area contributed by atoms with Gasteiger partial charge in [0.15, 0.2) is 0 Å². The van der Waals surface area contributed by atoms with Crippen LogP contribution in [-0.4, -0.2) is 20.8 Å². The van der Waals surface area contributed by atoms with E-state index >= 15 is 0 Å². The SMILES string of the molecule is O=S(=O)(Cl)CC1(COc2ccc(F)c(Cl)c2)CCCCC1. The molecule has 0 bridgehead atoms. The molecule has 118 valence electrons. The molecular formula is C14H17Cl2FO3S. The lowest BCUT2D eigenvalue weighted by Crippen LogP contribution is -2.36. The van der Waals surface area contributed by atoms with Gasteiger partial charge in [0.25, 0.3) is 0 Å². The molecule has 1 aliphatic rings. The summed E-state index contributed by atoms with van der Waals surface area (Å²) in [6.07, 6.45) is 4.52. The summed E-state index contributed by atoms with van der Waals surface area (Å²) in [7, 11) is 1.83. The third-order valence-corrected chi connectivity index (χ3v) is 5.40. The van der Waals surface area contributed by atoms with E-state index in [9.17, 15) is 12.8 Å². The van der Waals surface area contributed by atoms with Crippen molar-refractivity contribution < 1.29 is 17.5 Å². The number of rotatable bonds is 5. The molecule has 0 heterocycles. The molecule has 0 N–H and O–H groups in total. The van der Waals surface area contributed by atoms with E-state index in [0.717, 1.165) is 32.1 Å². The maximum Gasteiger partial charge on any atom is 0.233 e. The molecule has 1 aromatic rings. The lowest BCUT2D eigenvalue weighted by atomic mass is 9.76. The van der Waals surface area contributed by atoms with Crippen LogP contribution < -0.4 is 4.74 Å². The van der Waals surface area contributed by atoms with Crippen LogP contribution in [0.15, 0.2) is 18.2 Å². The first-order valence-electron chi connectivity index (χ1n) is 6.80. The molecule has 0 spiro atoms. The average molecular weight is 355 g/mol. The van der Waals surface area contributed by atoms with E-state index in [1.54, 1.807) is 0 Å². The zero-order chi connectivity index (χ0) is 15.5. The Labute approximate surface area is 133 Å². The van der Waals surface area contributed by atoms with E-state index in [2.05, 4.69) is 0 Å². The molecule has 0 aliphatic heterocycles. The van der Waals surface area contributed by atoms with Crippen LogP contribution in [0.25, 0.3) is 0 Å². The molecule has 3 nitrogen and oxygen atoms in total. The van der Waals surface area contributed by atoms with Gasteiger partial charge in [-0.15, -0.1) is 0 Å². The van der Waals surface area contributed by atoms with Crippen molar-refractivity contribution in [1.82, 2.24) is 0 Å². The summed E-state index contributed by atoms with van der Waals surface area (Å²) in [5.41, 5.74) is -0.473. The van der Waals surface area contributed by atoms with Gasteiger partial charge in [-0.05, 0) is 25.0 Å². The Morgan fingerprint density at radius 1 is 1.24 bits per heavy atom. The fourth-order valence-electron chi connectivity index (χ4n) is 2.80. The second-order valence-electron chi connectivity index (χ2n) is 5.61. The molecule has 0 saturated heterocycles. The van der Waals surface area contributed by atoms with Crippen molar-refractivity contribution in [2.24, 2.45) is 5.41 Å². The number of ether oxygens (including phenoxy) is 1. The van der Waals surface area contributed by atoms with Gasteiger partial charge in [0.1, 0.15) is 11.6 Å². The van der Waals surface area contributed by atoms with Crippen LogP contribution in [-0.2, 0) is 9.05 Å². The van der Waals surface area contributed by atoms with E-state index in [4.69, 9.17) is 27.0 Å². The van der Waals surface area contributed by atoms with Crippen LogP contribution in [0, 0.1) is 11.2 Å². The fraction of sp³-hybridized carbons (Fsp3) is 0.571. The highest BCUT2D eigenvalue weighted by Crippen LogP contribution is 2.39. The van der Waals surface area contributed by atoms with Gasteiger partial charge in [0.2, 0.25) is 9.05 Å². The maximum absolute atomic E-state index is 13.1. The molecule has 21 heavy (non-hydrogen) atoms. The van der Waals surface area contributed by atoms with Gasteiger partial charge in [0, 0.05) is 22.2 Å². The van der Waals surface area contributed by atoms with Crippen molar-refractivity contribution in [1.29, 1.82) is 0 Å². The summed E-state index contributed by atoms with van der Waals surface area (Å²) in [4.78, 5) is 0. The van der Waals surface area contributed by atoms with Crippen LogP contribution in [0.2, 0.25) is 5.02 Å². The monoisotopic (exact) mass is 354 g/mol. The van der Waals surface area contributed by atoms with E-state index < -0.39 is 20.3 Å². The smallest absolute Gasteiger partial charge is 0.233 e. The van der Waals surface area contributed by atoms with Crippen LogP contribution in [0.3, 0.4) is 0 Å². The average Bonchev–Trinajstić information content (AvgIpc) is 2.39. The Bertz CT molecular complexity index is 598. The third-order valence-electron chi connectivity index (χ3n) is 3.83. The van der Waals surface area contributed by atoms with Crippen LogP contribution >= 0.6 is 22.3 Å². The summed E-state index contributed by atoms with van der Waals surface area (Å²) in [6, 6.07) is 4.10. The van der Waals surface area contributed by atoms with Gasteiger partial charge < -0.3 is 4.74 Å². The van der Waals surface area contributed by atoms with Crippen molar-refractivity contribution in [3.05, 3.63) is 29.0 Å². The predicted octanol–water partition coefficient (Wildman–Crippen LogP) is 4.38. The molecule has 1 aliphatic carbocycles. The molecule has 2 rings (SSSR count). The quantitative estimate of drug-likeness (QED) is 0.737. The Hall–Kier alpha value is -0.520. The van der Waals surface area contributed by atoms with E-state index in [-0.39, 0.29) is 17.4 Å². The highest BCUT2D eigenvalue weighted by atomic mass is 35.7. The van der Waals surface area contributed by atoms with Gasteiger partial charge in [-0.2, -0.15) is 0 Å². The van der Waals surface area contributed by atoms with Crippen molar-refractivity contribution in [3.63, 3.8) is 0 Å². The Kier molecular flexibility index (Phi) is 5.38. The third kappa shape index (κ3) is 5.01. The second kappa shape index (κ2) is 6.71. The van der Waals surface area contributed by atoms with Crippen molar-refractivity contribution in [2.45, 2.75) is 32.1 Å². The number of halogens is 3. The minimum absolute atomic E-state index is 0.0184. The first kappa shape index (κ1) is 16.8.